The zero-order valence-corrected chi connectivity index (χ0v) is 9.15. The Kier molecular flexibility index (Phi) is 3.55. The minimum absolute atomic E-state index is 0.273. The number of hydrogen-bond acceptors (Lipinski definition) is 3. The maximum absolute atomic E-state index is 11.6. The molecule has 86 valence electrons. The van der Waals surface area contributed by atoms with Crippen LogP contribution in [0.25, 0.3) is 0 Å². The first kappa shape index (κ1) is 11.8. The second-order valence-electron chi connectivity index (χ2n) is 3.64. The summed E-state index contributed by atoms with van der Waals surface area (Å²) in [4.78, 5) is 24.1. The number of nitrogens with zero attached hydrogens (tertiary/aromatic N) is 1. The molecule has 0 bridgehead atoms. The fraction of sp³-hybridized carbons (Fsp3) is 0.800. The largest absolute Gasteiger partial charge is 0.479 e. The molecule has 0 radical (unpaired) electrons. The van der Waals surface area contributed by atoms with Crippen molar-refractivity contribution < 1.29 is 19.4 Å². The molecule has 1 heterocycles. The highest BCUT2D eigenvalue weighted by atomic mass is 16.6. The van der Waals surface area contributed by atoms with Crippen LogP contribution in [0, 0.1) is 0 Å². The summed E-state index contributed by atoms with van der Waals surface area (Å²) in [5.74, 6) is -0.935. The Morgan fingerprint density at radius 3 is 2.60 bits per heavy atom. The Balaban J connectivity index is 2.87. The average Bonchev–Trinajstić information content (AvgIpc) is 2.62. The Bertz CT molecular complexity index is 266. The van der Waals surface area contributed by atoms with Gasteiger partial charge in [0.25, 0.3) is 0 Å². The quantitative estimate of drug-likeness (QED) is 0.774. The van der Waals surface area contributed by atoms with Gasteiger partial charge in [-0.1, -0.05) is 6.92 Å². The van der Waals surface area contributed by atoms with E-state index >= 15 is 0 Å². The lowest BCUT2D eigenvalue weighted by molar-refractivity contribution is -0.149. The van der Waals surface area contributed by atoms with Gasteiger partial charge in [-0.15, -0.1) is 0 Å². The van der Waals surface area contributed by atoms with Crippen molar-refractivity contribution in [2.24, 2.45) is 0 Å². The minimum Gasteiger partial charge on any atom is -0.479 e. The van der Waals surface area contributed by atoms with Crippen LogP contribution in [0.15, 0.2) is 0 Å². The summed E-state index contributed by atoms with van der Waals surface area (Å²) in [6.45, 7) is 4.24. The number of aliphatic carboxylic acids is 1. The molecule has 1 aliphatic rings. The fourth-order valence-electron chi connectivity index (χ4n) is 2.09. The first-order chi connectivity index (χ1) is 7.08. The maximum atomic E-state index is 11.6. The third kappa shape index (κ3) is 1.91. The van der Waals surface area contributed by atoms with E-state index in [4.69, 9.17) is 4.74 Å². The van der Waals surface area contributed by atoms with Crippen molar-refractivity contribution in [3.8, 4) is 0 Å². The third-order valence-corrected chi connectivity index (χ3v) is 2.96. The van der Waals surface area contributed by atoms with Crippen LogP contribution in [0.4, 0.5) is 4.79 Å². The summed E-state index contributed by atoms with van der Waals surface area (Å²) < 4.78 is 4.86. The lowest BCUT2D eigenvalue weighted by Gasteiger charge is -2.32. The maximum Gasteiger partial charge on any atom is 0.410 e. The first-order valence-electron chi connectivity index (χ1n) is 5.26. The monoisotopic (exact) mass is 215 g/mol. The smallest absolute Gasteiger partial charge is 0.410 e. The van der Waals surface area contributed by atoms with E-state index in [2.05, 4.69) is 0 Å². The number of carbonyl (C=O) groups is 2. The lowest BCUT2D eigenvalue weighted by atomic mass is 9.93. The Labute approximate surface area is 89.0 Å². The van der Waals surface area contributed by atoms with Crippen molar-refractivity contribution in [2.75, 3.05) is 13.2 Å². The van der Waals surface area contributed by atoms with Crippen molar-refractivity contribution in [1.29, 1.82) is 0 Å². The number of ether oxygens (including phenoxy) is 1. The summed E-state index contributed by atoms with van der Waals surface area (Å²) in [5, 5.41) is 9.20. The van der Waals surface area contributed by atoms with E-state index in [9.17, 15) is 14.7 Å². The fourth-order valence-corrected chi connectivity index (χ4v) is 2.09. The van der Waals surface area contributed by atoms with Crippen LogP contribution >= 0.6 is 0 Å². The number of carboxylic acid groups (broad SMARTS) is 1. The lowest BCUT2D eigenvalue weighted by Crippen LogP contribution is -2.52. The molecule has 0 aromatic carbocycles. The summed E-state index contributed by atoms with van der Waals surface area (Å²) >= 11 is 0. The summed E-state index contributed by atoms with van der Waals surface area (Å²) in [6, 6.07) is 0. The van der Waals surface area contributed by atoms with Crippen LogP contribution in [-0.2, 0) is 9.53 Å². The van der Waals surface area contributed by atoms with Crippen LogP contribution in [0.2, 0.25) is 0 Å². The predicted molar refractivity (Wildman–Crippen MR) is 53.6 cm³/mol. The van der Waals surface area contributed by atoms with Gasteiger partial charge in [0.15, 0.2) is 0 Å². The molecule has 1 amide bonds. The number of carbonyl (C=O) groups excluding carboxylic acids is 1. The van der Waals surface area contributed by atoms with E-state index in [0.717, 1.165) is 6.42 Å². The molecule has 5 nitrogen and oxygen atoms in total. The van der Waals surface area contributed by atoms with Gasteiger partial charge in [0.05, 0.1) is 6.61 Å². The molecule has 1 fully saturated rings. The van der Waals surface area contributed by atoms with Gasteiger partial charge in [0.2, 0.25) is 0 Å². The molecule has 1 aliphatic heterocycles. The van der Waals surface area contributed by atoms with Gasteiger partial charge < -0.3 is 9.84 Å². The highest BCUT2D eigenvalue weighted by Gasteiger charge is 2.49. The van der Waals surface area contributed by atoms with E-state index in [-0.39, 0.29) is 6.61 Å². The van der Waals surface area contributed by atoms with Gasteiger partial charge >= 0.3 is 12.1 Å². The van der Waals surface area contributed by atoms with E-state index < -0.39 is 17.6 Å². The third-order valence-electron chi connectivity index (χ3n) is 2.96. The standard InChI is InChI=1S/C10H17NO4/c1-3-10(8(12)13)6-5-7-11(10)9(14)15-4-2/h3-7H2,1-2H3,(H,12,13). The number of carboxylic acids is 1. The highest BCUT2D eigenvalue weighted by Crippen LogP contribution is 2.33. The number of amides is 1. The molecule has 1 unspecified atom stereocenters. The normalized spacial score (nSPS) is 25.3. The number of hydrogen-bond donors (Lipinski definition) is 1. The molecule has 0 aromatic heterocycles. The van der Waals surface area contributed by atoms with Gasteiger partial charge in [-0.05, 0) is 26.2 Å². The first-order valence-corrected chi connectivity index (χ1v) is 5.26. The number of rotatable bonds is 3. The second kappa shape index (κ2) is 4.51. The van der Waals surface area contributed by atoms with Crippen LogP contribution < -0.4 is 0 Å². The van der Waals surface area contributed by atoms with Crippen LogP contribution in [0.5, 0.6) is 0 Å². The van der Waals surface area contributed by atoms with Crippen LogP contribution in [-0.4, -0.2) is 40.8 Å². The topological polar surface area (TPSA) is 66.8 Å². The minimum atomic E-state index is -1.05. The number of likely N-dealkylation sites (tertiary alicyclic amines) is 1. The zero-order chi connectivity index (χ0) is 11.5. The molecule has 1 saturated heterocycles. The molecule has 15 heavy (non-hydrogen) atoms. The van der Waals surface area contributed by atoms with E-state index in [1.807, 2.05) is 0 Å². The van der Waals surface area contributed by atoms with Crippen molar-refractivity contribution >= 4 is 12.1 Å². The Hall–Kier alpha value is -1.26. The molecule has 0 aromatic rings. The summed E-state index contributed by atoms with van der Waals surface area (Å²) in [5.41, 5.74) is -1.05. The van der Waals surface area contributed by atoms with Crippen molar-refractivity contribution in [2.45, 2.75) is 38.6 Å². The molecular formula is C10H17NO4. The van der Waals surface area contributed by atoms with Crippen molar-refractivity contribution in [1.82, 2.24) is 4.90 Å². The molecule has 5 heteroatoms. The zero-order valence-electron chi connectivity index (χ0n) is 9.15. The average molecular weight is 215 g/mol. The van der Waals surface area contributed by atoms with Crippen molar-refractivity contribution in [3.63, 3.8) is 0 Å². The molecule has 1 atom stereocenters. The van der Waals surface area contributed by atoms with Gasteiger partial charge in [0, 0.05) is 6.54 Å². The SMILES string of the molecule is CCOC(=O)N1CCCC1(CC)C(=O)O. The molecule has 1 N–H and O–H groups in total. The summed E-state index contributed by atoms with van der Waals surface area (Å²) in [6.07, 6.45) is 1.14. The summed E-state index contributed by atoms with van der Waals surface area (Å²) in [7, 11) is 0. The second-order valence-corrected chi connectivity index (χ2v) is 3.64. The van der Waals surface area contributed by atoms with E-state index in [1.54, 1.807) is 13.8 Å². The molecule has 0 saturated carbocycles. The van der Waals surface area contributed by atoms with E-state index in [0.29, 0.717) is 19.4 Å². The van der Waals surface area contributed by atoms with Gasteiger partial charge in [-0.3, -0.25) is 4.90 Å². The molecule has 0 spiro atoms. The predicted octanol–water partition coefficient (Wildman–Crippen LogP) is 1.47. The molecule has 0 aliphatic carbocycles. The van der Waals surface area contributed by atoms with Gasteiger partial charge in [0.1, 0.15) is 5.54 Å². The molecule has 1 rings (SSSR count). The Morgan fingerprint density at radius 2 is 2.13 bits per heavy atom. The Morgan fingerprint density at radius 1 is 1.47 bits per heavy atom. The van der Waals surface area contributed by atoms with E-state index in [1.165, 1.54) is 4.90 Å². The van der Waals surface area contributed by atoms with Gasteiger partial charge in [-0.2, -0.15) is 0 Å². The highest BCUT2D eigenvalue weighted by molar-refractivity contribution is 5.85. The van der Waals surface area contributed by atoms with Crippen LogP contribution in [0.3, 0.4) is 0 Å². The molecular weight excluding hydrogens is 198 g/mol. The van der Waals surface area contributed by atoms with Crippen LogP contribution in [0.1, 0.15) is 33.1 Å². The van der Waals surface area contributed by atoms with Gasteiger partial charge in [-0.25, -0.2) is 9.59 Å². The van der Waals surface area contributed by atoms with Crippen molar-refractivity contribution in [3.05, 3.63) is 0 Å².